The number of nitrogens with zero attached hydrogens (tertiary/aromatic N) is 4. The number of aryl methyl sites for hydroxylation is 3. The highest BCUT2D eigenvalue weighted by molar-refractivity contribution is 7.80. The number of hydrogen-bond acceptors (Lipinski definition) is 6. The molecule has 146 valence electrons. The van der Waals surface area contributed by atoms with Crippen LogP contribution in [0.25, 0.3) is 15.5 Å². The van der Waals surface area contributed by atoms with E-state index in [1.165, 1.54) is 11.3 Å². The van der Waals surface area contributed by atoms with Crippen molar-refractivity contribution in [2.75, 3.05) is 5.32 Å². The number of anilines is 1. The Bertz CT molecular complexity index is 1240. The van der Waals surface area contributed by atoms with Crippen LogP contribution in [0.5, 0.6) is 0 Å². The molecule has 2 heterocycles. The van der Waals surface area contributed by atoms with Crippen LogP contribution < -0.4 is 10.6 Å². The van der Waals surface area contributed by atoms with Crippen LogP contribution in [-0.2, 0) is 0 Å². The van der Waals surface area contributed by atoms with Gasteiger partial charge in [-0.3, -0.25) is 10.1 Å². The largest absolute Gasteiger partial charge is 0.332 e. The van der Waals surface area contributed by atoms with Crippen molar-refractivity contribution in [2.24, 2.45) is 0 Å². The van der Waals surface area contributed by atoms with Crippen molar-refractivity contribution in [1.29, 1.82) is 0 Å². The van der Waals surface area contributed by atoms with Gasteiger partial charge in [-0.25, -0.2) is 0 Å². The number of hydrogen-bond donors (Lipinski definition) is 2. The molecule has 2 aromatic heterocycles. The molecule has 0 radical (unpaired) electrons. The molecular formula is C20H18N6OS2. The molecule has 0 spiro atoms. The Labute approximate surface area is 176 Å². The highest BCUT2D eigenvalue weighted by Gasteiger charge is 2.13. The summed E-state index contributed by atoms with van der Waals surface area (Å²) in [5, 5.41) is 19.6. The topological polar surface area (TPSA) is 84.2 Å². The van der Waals surface area contributed by atoms with Crippen LogP contribution in [0.4, 0.5) is 5.69 Å². The minimum absolute atomic E-state index is 0.231. The molecule has 0 aliphatic rings. The van der Waals surface area contributed by atoms with Crippen LogP contribution >= 0.6 is 23.6 Å². The van der Waals surface area contributed by atoms with Gasteiger partial charge in [0.15, 0.2) is 10.9 Å². The molecule has 2 N–H and O–H groups in total. The highest BCUT2D eigenvalue weighted by atomic mass is 32.1. The fourth-order valence-electron chi connectivity index (χ4n) is 2.92. The SMILES string of the molecule is Cc1cc(-c2nn3c(C)nnc3s2)ccc1NC(=S)NC(=O)c1ccccc1C. The Morgan fingerprint density at radius 2 is 1.86 bits per heavy atom. The van der Waals surface area contributed by atoms with Crippen LogP contribution in [-0.4, -0.2) is 30.8 Å². The molecule has 0 fully saturated rings. The van der Waals surface area contributed by atoms with Crippen LogP contribution in [0, 0.1) is 20.8 Å². The van der Waals surface area contributed by atoms with E-state index in [1.807, 2.05) is 57.2 Å². The van der Waals surface area contributed by atoms with E-state index in [0.717, 1.165) is 38.2 Å². The van der Waals surface area contributed by atoms with Gasteiger partial charge in [-0.2, -0.15) is 9.61 Å². The van der Waals surface area contributed by atoms with Gasteiger partial charge in [0.25, 0.3) is 5.91 Å². The maximum Gasteiger partial charge on any atom is 0.257 e. The molecule has 0 saturated carbocycles. The van der Waals surface area contributed by atoms with Crippen molar-refractivity contribution in [2.45, 2.75) is 20.8 Å². The van der Waals surface area contributed by atoms with Gasteiger partial charge >= 0.3 is 0 Å². The number of nitrogens with one attached hydrogen (secondary N) is 2. The number of carbonyl (C=O) groups excluding carboxylic acids is 1. The number of thiocarbonyl (C=S) groups is 1. The van der Waals surface area contributed by atoms with E-state index in [9.17, 15) is 4.79 Å². The van der Waals surface area contributed by atoms with Crippen LogP contribution in [0.3, 0.4) is 0 Å². The second kappa shape index (κ2) is 7.69. The van der Waals surface area contributed by atoms with E-state index in [2.05, 4.69) is 25.9 Å². The van der Waals surface area contributed by atoms with Crippen molar-refractivity contribution >= 4 is 45.2 Å². The molecule has 1 amide bonds. The summed E-state index contributed by atoms with van der Waals surface area (Å²) in [4.78, 5) is 13.2. The van der Waals surface area contributed by atoms with Crippen molar-refractivity contribution < 1.29 is 4.79 Å². The molecule has 0 saturated heterocycles. The summed E-state index contributed by atoms with van der Waals surface area (Å²) >= 11 is 6.80. The zero-order valence-corrected chi connectivity index (χ0v) is 17.7. The third-order valence-corrected chi connectivity index (χ3v) is 5.64. The molecule has 2 aromatic carbocycles. The van der Waals surface area contributed by atoms with Gasteiger partial charge in [0, 0.05) is 16.8 Å². The minimum atomic E-state index is -0.231. The van der Waals surface area contributed by atoms with E-state index in [0.29, 0.717) is 5.56 Å². The summed E-state index contributed by atoms with van der Waals surface area (Å²) < 4.78 is 1.73. The monoisotopic (exact) mass is 422 g/mol. The second-order valence-corrected chi connectivity index (χ2v) is 7.97. The van der Waals surface area contributed by atoms with Crippen LogP contribution in [0.2, 0.25) is 0 Å². The molecule has 0 aliphatic carbocycles. The number of carbonyl (C=O) groups is 1. The predicted molar refractivity (Wildman–Crippen MR) is 118 cm³/mol. The lowest BCUT2D eigenvalue weighted by Crippen LogP contribution is -2.34. The van der Waals surface area contributed by atoms with Gasteiger partial charge in [-0.05, 0) is 68.4 Å². The molecule has 0 atom stereocenters. The number of amides is 1. The first kappa shape index (κ1) is 19.2. The Morgan fingerprint density at radius 3 is 2.59 bits per heavy atom. The summed E-state index contributed by atoms with van der Waals surface area (Å²) in [7, 11) is 0. The molecule has 4 aromatic rings. The van der Waals surface area contributed by atoms with Crippen molar-refractivity contribution in [3.8, 4) is 10.6 Å². The lowest BCUT2D eigenvalue weighted by molar-refractivity contribution is 0.0977. The van der Waals surface area contributed by atoms with E-state index >= 15 is 0 Å². The highest BCUT2D eigenvalue weighted by Crippen LogP contribution is 2.28. The molecule has 29 heavy (non-hydrogen) atoms. The standard InChI is InChI=1S/C20H18N6OS2/c1-11-6-4-5-7-15(11)17(27)22-19(28)21-16-9-8-14(10-12(16)2)18-25-26-13(3)23-24-20(26)29-18/h4-10H,1-3H3,(H2,21,22,27,28). The number of fused-ring (bicyclic) bond motifs is 1. The summed E-state index contributed by atoms with van der Waals surface area (Å²) in [5.74, 6) is 0.525. The van der Waals surface area contributed by atoms with Gasteiger partial charge < -0.3 is 5.32 Å². The zero-order chi connectivity index (χ0) is 20.5. The number of aromatic nitrogens is 4. The number of rotatable bonds is 3. The van der Waals surface area contributed by atoms with Gasteiger partial charge in [0.05, 0.1) is 0 Å². The van der Waals surface area contributed by atoms with Crippen molar-refractivity contribution in [3.63, 3.8) is 0 Å². The minimum Gasteiger partial charge on any atom is -0.332 e. The Kier molecular flexibility index (Phi) is 5.08. The lowest BCUT2D eigenvalue weighted by atomic mass is 10.1. The fraction of sp³-hybridized carbons (Fsp3) is 0.150. The first-order chi connectivity index (χ1) is 13.9. The Morgan fingerprint density at radius 1 is 1.07 bits per heavy atom. The van der Waals surface area contributed by atoms with Gasteiger partial charge in [-0.15, -0.1) is 10.2 Å². The predicted octanol–water partition coefficient (Wildman–Crippen LogP) is 3.90. The number of benzene rings is 2. The summed E-state index contributed by atoms with van der Waals surface area (Å²) in [6, 6.07) is 13.3. The first-order valence-electron chi connectivity index (χ1n) is 8.90. The van der Waals surface area contributed by atoms with Crippen molar-refractivity contribution in [1.82, 2.24) is 25.1 Å². The normalized spacial score (nSPS) is 10.9. The molecule has 0 bridgehead atoms. The third kappa shape index (κ3) is 3.87. The average Bonchev–Trinajstić information content (AvgIpc) is 3.26. The maximum atomic E-state index is 12.4. The zero-order valence-electron chi connectivity index (χ0n) is 16.1. The van der Waals surface area contributed by atoms with E-state index in [1.54, 1.807) is 10.6 Å². The molecule has 0 unspecified atom stereocenters. The average molecular weight is 423 g/mol. The van der Waals surface area contributed by atoms with E-state index in [4.69, 9.17) is 12.2 Å². The van der Waals surface area contributed by atoms with E-state index in [-0.39, 0.29) is 11.0 Å². The van der Waals surface area contributed by atoms with Crippen LogP contribution in [0.1, 0.15) is 27.3 Å². The quantitative estimate of drug-likeness (QED) is 0.487. The molecule has 7 nitrogen and oxygen atoms in total. The Hall–Kier alpha value is -3.17. The lowest BCUT2D eigenvalue weighted by Gasteiger charge is -2.13. The fourth-order valence-corrected chi connectivity index (χ4v) is 4.00. The Balaban J connectivity index is 1.48. The maximum absolute atomic E-state index is 12.4. The third-order valence-electron chi connectivity index (χ3n) is 4.49. The smallest absolute Gasteiger partial charge is 0.257 e. The van der Waals surface area contributed by atoms with Crippen molar-refractivity contribution in [3.05, 3.63) is 65.0 Å². The summed E-state index contributed by atoms with van der Waals surface area (Å²) in [6.07, 6.45) is 0. The second-order valence-electron chi connectivity index (χ2n) is 6.60. The summed E-state index contributed by atoms with van der Waals surface area (Å²) in [6.45, 7) is 5.73. The van der Waals surface area contributed by atoms with Gasteiger partial charge in [-0.1, -0.05) is 29.5 Å². The molecular weight excluding hydrogens is 404 g/mol. The van der Waals surface area contributed by atoms with E-state index < -0.39 is 0 Å². The molecule has 9 heteroatoms. The van der Waals surface area contributed by atoms with Crippen LogP contribution in [0.15, 0.2) is 42.5 Å². The van der Waals surface area contributed by atoms with Gasteiger partial charge in [0.2, 0.25) is 4.96 Å². The molecule has 4 rings (SSSR count). The summed E-state index contributed by atoms with van der Waals surface area (Å²) in [5.41, 5.74) is 4.29. The van der Waals surface area contributed by atoms with Gasteiger partial charge in [0.1, 0.15) is 5.01 Å². The first-order valence-corrected chi connectivity index (χ1v) is 10.1. The molecule has 0 aliphatic heterocycles.